The van der Waals surface area contributed by atoms with Gasteiger partial charge in [0.1, 0.15) is 5.60 Å². The van der Waals surface area contributed by atoms with Gasteiger partial charge >= 0.3 is 6.09 Å². The van der Waals surface area contributed by atoms with E-state index < -0.39 is 29.6 Å². The molecule has 7 nitrogen and oxygen atoms in total. The van der Waals surface area contributed by atoms with Crippen LogP contribution >= 0.6 is 0 Å². The minimum atomic E-state index is -3.00. The van der Waals surface area contributed by atoms with Crippen LogP contribution < -0.4 is 10.6 Å². The fourth-order valence-electron chi connectivity index (χ4n) is 2.12. The second kappa shape index (κ2) is 6.73. The van der Waals surface area contributed by atoms with E-state index in [0.29, 0.717) is 5.69 Å². The van der Waals surface area contributed by atoms with E-state index in [1.165, 1.54) is 18.2 Å². The summed E-state index contributed by atoms with van der Waals surface area (Å²) in [5.41, 5.74) is -0.121. The van der Waals surface area contributed by atoms with Crippen molar-refractivity contribution in [2.45, 2.75) is 51.7 Å². The van der Waals surface area contributed by atoms with Gasteiger partial charge in [0.2, 0.25) is 5.91 Å². The molecule has 1 aromatic heterocycles. The fraction of sp³-hybridized carbons (Fsp3) is 0.500. The van der Waals surface area contributed by atoms with Crippen molar-refractivity contribution in [2.24, 2.45) is 0 Å². The van der Waals surface area contributed by atoms with Gasteiger partial charge in [0, 0.05) is 18.9 Å². The van der Waals surface area contributed by atoms with E-state index in [1.807, 2.05) is 0 Å². The van der Waals surface area contributed by atoms with Crippen molar-refractivity contribution in [3.05, 3.63) is 23.4 Å². The van der Waals surface area contributed by atoms with Crippen LogP contribution in [0.15, 0.2) is 17.7 Å². The molecule has 1 fully saturated rings. The summed E-state index contributed by atoms with van der Waals surface area (Å²) >= 11 is 0. The van der Waals surface area contributed by atoms with E-state index in [2.05, 4.69) is 20.8 Å². The van der Waals surface area contributed by atoms with Crippen LogP contribution in [0.1, 0.15) is 39.8 Å². The predicted octanol–water partition coefficient (Wildman–Crippen LogP) is 2.75. The average Bonchev–Trinajstić information content (AvgIpc) is 2.80. The molecule has 0 aliphatic carbocycles. The number of amides is 2. The third kappa shape index (κ3) is 5.47. The zero-order valence-electron chi connectivity index (χ0n) is 14.4. The number of rotatable bonds is 3. The van der Waals surface area contributed by atoms with Crippen LogP contribution in [0.5, 0.6) is 0 Å². The van der Waals surface area contributed by atoms with Crippen LogP contribution in [0, 0.1) is 0 Å². The minimum absolute atomic E-state index is 0.0953. The highest BCUT2D eigenvalue weighted by Crippen LogP contribution is 2.28. The molecule has 9 heteroatoms. The number of anilines is 1. The summed E-state index contributed by atoms with van der Waals surface area (Å²) in [6.45, 7) is 5.95. The average molecular weight is 354 g/mol. The standard InChI is InChI=1S/C16H20F2N4O3/c1-15(2,3)25-14(24)20-12-6-5-10(21-22-12)7-9-8-11(16(4,17)18)19-13(9)23/h5-7,11H,8H2,1-4H3,(H,19,23)(H,20,22,24)/b9-7+. The molecule has 1 saturated heterocycles. The molecule has 1 aliphatic rings. The number of hydrogen-bond donors (Lipinski definition) is 2. The quantitative estimate of drug-likeness (QED) is 0.814. The molecule has 0 bridgehead atoms. The lowest BCUT2D eigenvalue weighted by molar-refractivity contribution is -0.118. The molecule has 0 aromatic carbocycles. The maximum Gasteiger partial charge on any atom is 0.413 e. The number of halogens is 2. The second-order valence-corrected chi connectivity index (χ2v) is 6.83. The van der Waals surface area contributed by atoms with Gasteiger partial charge in [0.15, 0.2) is 5.82 Å². The van der Waals surface area contributed by atoms with Crippen molar-refractivity contribution in [1.82, 2.24) is 15.5 Å². The zero-order valence-corrected chi connectivity index (χ0v) is 14.4. The smallest absolute Gasteiger partial charge is 0.413 e. The molecular formula is C16H20F2N4O3. The first kappa shape index (κ1) is 18.8. The Balaban J connectivity index is 2.03. The van der Waals surface area contributed by atoms with Crippen molar-refractivity contribution >= 4 is 23.9 Å². The van der Waals surface area contributed by atoms with Crippen LogP contribution in [-0.2, 0) is 9.53 Å². The SMILES string of the molecule is CC(C)(C)OC(=O)Nc1ccc(/C=C2\CC(C(C)(F)F)NC2=O)nn1. The van der Waals surface area contributed by atoms with E-state index in [9.17, 15) is 18.4 Å². The number of carbonyl (C=O) groups excluding carboxylic acids is 2. The molecular weight excluding hydrogens is 334 g/mol. The Kier molecular flexibility index (Phi) is 5.05. The maximum absolute atomic E-state index is 13.3. The van der Waals surface area contributed by atoms with Crippen LogP contribution in [0.25, 0.3) is 6.08 Å². The van der Waals surface area contributed by atoms with Gasteiger partial charge in [-0.05, 0) is 39.0 Å². The lowest BCUT2D eigenvalue weighted by Crippen LogP contribution is -2.39. The normalized spacial score (nSPS) is 19.7. The molecule has 136 valence electrons. The first-order chi connectivity index (χ1) is 11.4. The Hall–Kier alpha value is -2.58. The number of nitrogens with zero attached hydrogens (tertiary/aromatic N) is 2. The topological polar surface area (TPSA) is 93.2 Å². The van der Waals surface area contributed by atoms with Crippen molar-refractivity contribution in [3.8, 4) is 0 Å². The van der Waals surface area contributed by atoms with E-state index >= 15 is 0 Å². The molecule has 2 N–H and O–H groups in total. The van der Waals surface area contributed by atoms with Crippen LogP contribution in [0.2, 0.25) is 0 Å². The van der Waals surface area contributed by atoms with Gasteiger partial charge in [0.05, 0.1) is 11.7 Å². The van der Waals surface area contributed by atoms with Crippen molar-refractivity contribution in [1.29, 1.82) is 0 Å². The van der Waals surface area contributed by atoms with Crippen LogP contribution in [0.3, 0.4) is 0 Å². The molecule has 0 radical (unpaired) electrons. The Morgan fingerprint density at radius 2 is 2.00 bits per heavy atom. The summed E-state index contributed by atoms with van der Waals surface area (Å²) < 4.78 is 31.6. The molecule has 1 aliphatic heterocycles. The molecule has 0 saturated carbocycles. The van der Waals surface area contributed by atoms with E-state index in [-0.39, 0.29) is 17.8 Å². The number of aromatic nitrogens is 2. The predicted molar refractivity (Wildman–Crippen MR) is 87.0 cm³/mol. The zero-order chi connectivity index (χ0) is 18.8. The third-order valence-corrected chi connectivity index (χ3v) is 3.27. The second-order valence-electron chi connectivity index (χ2n) is 6.83. The van der Waals surface area contributed by atoms with Crippen molar-refractivity contribution in [3.63, 3.8) is 0 Å². The van der Waals surface area contributed by atoms with Crippen LogP contribution in [0.4, 0.5) is 19.4 Å². The summed E-state index contributed by atoms with van der Waals surface area (Å²) in [5, 5.41) is 12.3. The largest absolute Gasteiger partial charge is 0.444 e. The molecule has 0 spiro atoms. The fourth-order valence-corrected chi connectivity index (χ4v) is 2.12. The van der Waals surface area contributed by atoms with Gasteiger partial charge in [-0.1, -0.05) is 0 Å². The molecule has 2 amide bonds. The summed E-state index contributed by atoms with van der Waals surface area (Å²) in [6.07, 6.45) is 0.629. The number of ether oxygens (including phenoxy) is 1. The van der Waals surface area contributed by atoms with Crippen LogP contribution in [-0.4, -0.2) is 39.8 Å². The summed E-state index contributed by atoms with van der Waals surface area (Å²) in [4.78, 5) is 23.4. The van der Waals surface area contributed by atoms with E-state index in [0.717, 1.165) is 6.92 Å². The summed E-state index contributed by atoms with van der Waals surface area (Å²) in [5.74, 6) is -3.38. The highest BCUT2D eigenvalue weighted by molar-refractivity contribution is 6.00. The molecule has 2 heterocycles. The van der Waals surface area contributed by atoms with Gasteiger partial charge in [-0.15, -0.1) is 10.2 Å². The lowest BCUT2D eigenvalue weighted by atomic mass is 10.1. The summed E-state index contributed by atoms with van der Waals surface area (Å²) in [7, 11) is 0. The Morgan fingerprint density at radius 1 is 1.32 bits per heavy atom. The highest BCUT2D eigenvalue weighted by atomic mass is 19.3. The number of hydrogen-bond acceptors (Lipinski definition) is 5. The van der Waals surface area contributed by atoms with Crippen molar-refractivity contribution in [2.75, 3.05) is 5.32 Å². The van der Waals surface area contributed by atoms with Gasteiger partial charge < -0.3 is 10.1 Å². The lowest BCUT2D eigenvalue weighted by Gasteiger charge is -2.19. The molecule has 25 heavy (non-hydrogen) atoms. The Bertz CT molecular complexity index is 691. The van der Waals surface area contributed by atoms with Gasteiger partial charge in [-0.2, -0.15) is 0 Å². The number of carbonyl (C=O) groups is 2. The Morgan fingerprint density at radius 3 is 2.48 bits per heavy atom. The van der Waals surface area contributed by atoms with Gasteiger partial charge in [-0.3, -0.25) is 10.1 Å². The monoisotopic (exact) mass is 354 g/mol. The van der Waals surface area contributed by atoms with Crippen molar-refractivity contribution < 1.29 is 23.1 Å². The molecule has 1 unspecified atom stereocenters. The maximum atomic E-state index is 13.3. The highest BCUT2D eigenvalue weighted by Gasteiger charge is 2.41. The number of alkyl halides is 2. The molecule has 1 atom stereocenters. The van der Waals surface area contributed by atoms with Gasteiger partial charge in [-0.25, -0.2) is 13.6 Å². The molecule has 1 aromatic rings. The minimum Gasteiger partial charge on any atom is -0.444 e. The first-order valence-corrected chi connectivity index (χ1v) is 7.67. The Labute approximate surface area is 143 Å². The molecule has 2 rings (SSSR count). The van der Waals surface area contributed by atoms with E-state index in [1.54, 1.807) is 20.8 Å². The number of nitrogens with one attached hydrogen (secondary N) is 2. The van der Waals surface area contributed by atoms with Gasteiger partial charge in [0.25, 0.3) is 5.92 Å². The van der Waals surface area contributed by atoms with E-state index in [4.69, 9.17) is 4.74 Å². The third-order valence-electron chi connectivity index (χ3n) is 3.27. The first-order valence-electron chi connectivity index (χ1n) is 7.67. The summed E-state index contributed by atoms with van der Waals surface area (Å²) in [6, 6.07) is 1.76.